The van der Waals surface area contributed by atoms with Gasteiger partial charge in [0.05, 0.1) is 0 Å². The molecular weight excluding hydrogens is 115 g/mol. The first kappa shape index (κ1) is 7.07. The summed E-state index contributed by atoms with van der Waals surface area (Å²) in [4.78, 5) is 19.0. The molecule has 0 heterocycles. The molecule has 0 saturated carbocycles. The van der Waals surface area contributed by atoms with Crippen LogP contribution in [0.15, 0.2) is 0 Å². The van der Waals surface area contributed by atoms with Crippen molar-refractivity contribution >= 4 is 12.3 Å². The number of carbonyl (C=O) groups excluding carboxylic acids is 1. The predicted octanol–water partition coefficient (Wildman–Crippen LogP) is -0.00190. The Morgan fingerprint density at radius 1 is 1.88 bits per heavy atom. The number of carboxylic acid groups (broad SMARTS) is 1. The molecule has 0 aliphatic carbocycles. The van der Waals surface area contributed by atoms with Crippen LogP contribution in [0.1, 0.15) is 6.42 Å². The van der Waals surface area contributed by atoms with E-state index in [-0.39, 0.29) is 6.29 Å². The predicted molar refractivity (Wildman–Crippen MR) is 23.2 cm³/mol. The maximum atomic E-state index is 11.7. The molecule has 1 N–H and O–H groups in total. The second kappa shape index (κ2) is 3.12. The fraction of sp³-hybridized carbons (Fsp3) is 0.500. The lowest BCUT2D eigenvalue weighted by molar-refractivity contribution is -0.143. The number of carbonyl (C=O) groups is 2. The van der Waals surface area contributed by atoms with Gasteiger partial charge in [-0.3, -0.25) is 0 Å². The highest BCUT2D eigenvalue weighted by atomic mass is 19.1. The summed E-state index contributed by atoms with van der Waals surface area (Å²) in [6, 6.07) is 0. The van der Waals surface area contributed by atoms with Crippen LogP contribution < -0.4 is 0 Å². The summed E-state index contributed by atoms with van der Waals surface area (Å²) in [7, 11) is 0. The van der Waals surface area contributed by atoms with Gasteiger partial charge in [0.25, 0.3) is 0 Å². The molecule has 0 saturated heterocycles. The minimum absolute atomic E-state index is 0.235. The van der Waals surface area contributed by atoms with Crippen molar-refractivity contribution in [3.8, 4) is 0 Å². The second-order valence-electron chi connectivity index (χ2n) is 1.21. The number of aliphatic carboxylic acids is 1. The minimum atomic E-state index is -2.03. The lowest BCUT2D eigenvalue weighted by Gasteiger charge is -1.91. The molecule has 0 aromatic rings. The number of hydrogen-bond acceptors (Lipinski definition) is 2. The number of alkyl halides is 1. The molecule has 0 radical (unpaired) electrons. The zero-order chi connectivity index (χ0) is 6.57. The van der Waals surface area contributed by atoms with Crippen molar-refractivity contribution in [2.75, 3.05) is 0 Å². The highest BCUT2D eigenvalue weighted by Crippen LogP contribution is 1.92. The van der Waals surface area contributed by atoms with E-state index in [1.165, 1.54) is 0 Å². The summed E-state index contributed by atoms with van der Waals surface area (Å²) in [5.74, 6) is -1.59. The quantitative estimate of drug-likeness (QED) is 0.533. The first-order chi connectivity index (χ1) is 3.68. The highest BCUT2D eigenvalue weighted by Gasteiger charge is 2.13. The monoisotopic (exact) mass is 120 g/mol. The van der Waals surface area contributed by atoms with E-state index in [4.69, 9.17) is 5.11 Å². The van der Waals surface area contributed by atoms with Gasteiger partial charge in [-0.15, -0.1) is 0 Å². The van der Waals surface area contributed by atoms with Gasteiger partial charge in [0.1, 0.15) is 6.29 Å². The van der Waals surface area contributed by atoms with Gasteiger partial charge < -0.3 is 9.90 Å². The zero-order valence-corrected chi connectivity index (χ0v) is 4.00. The molecule has 0 bridgehead atoms. The lowest BCUT2D eigenvalue weighted by atomic mass is 10.3. The summed E-state index contributed by atoms with van der Waals surface area (Å²) in [6.07, 6.45) is -2.36. The standard InChI is InChI=1S/C4H5FO3/c5-3(1-2-6)4(7)8/h2-3H,1H2,(H,7,8). The number of halogens is 1. The molecule has 4 heteroatoms. The summed E-state index contributed by atoms with van der Waals surface area (Å²) in [6.45, 7) is 0. The van der Waals surface area contributed by atoms with Crippen LogP contribution >= 0.6 is 0 Å². The molecule has 0 aromatic heterocycles. The van der Waals surface area contributed by atoms with Crippen molar-refractivity contribution in [1.82, 2.24) is 0 Å². The van der Waals surface area contributed by atoms with Crippen LogP contribution in [0.2, 0.25) is 0 Å². The average Bonchev–Trinajstić information content (AvgIpc) is 1.67. The van der Waals surface area contributed by atoms with E-state index >= 15 is 0 Å². The van der Waals surface area contributed by atoms with Gasteiger partial charge in [0.15, 0.2) is 0 Å². The third-order valence-corrected chi connectivity index (χ3v) is 0.571. The summed E-state index contributed by atoms with van der Waals surface area (Å²) in [5, 5.41) is 7.78. The Morgan fingerprint density at radius 3 is 2.50 bits per heavy atom. The van der Waals surface area contributed by atoms with Crippen LogP contribution in [-0.2, 0) is 9.59 Å². The van der Waals surface area contributed by atoms with Crippen LogP contribution in [0, 0.1) is 0 Å². The number of rotatable bonds is 3. The van der Waals surface area contributed by atoms with Crippen molar-refractivity contribution in [2.45, 2.75) is 12.6 Å². The molecule has 0 fully saturated rings. The van der Waals surface area contributed by atoms with Crippen LogP contribution in [0.3, 0.4) is 0 Å². The third-order valence-electron chi connectivity index (χ3n) is 0.571. The Morgan fingerprint density at radius 2 is 2.38 bits per heavy atom. The fourth-order valence-corrected chi connectivity index (χ4v) is 0.185. The van der Waals surface area contributed by atoms with E-state index in [1.807, 2.05) is 0 Å². The smallest absolute Gasteiger partial charge is 0.338 e. The Labute approximate surface area is 45.1 Å². The molecule has 0 spiro atoms. The van der Waals surface area contributed by atoms with E-state index in [9.17, 15) is 14.0 Å². The van der Waals surface area contributed by atoms with E-state index in [1.54, 1.807) is 0 Å². The third kappa shape index (κ3) is 2.28. The van der Waals surface area contributed by atoms with Crippen molar-refractivity contribution < 1.29 is 19.1 Å². The van der Waals surface area contributed by atoms with Gasteiger partial charge in [-0.05, 0) is 0 Å². The average molecular weight is 120 g/mol. The van der Waals surface area contributed by atoms with Gasteiger partial charge in [-0.1, -0.05) is 0 Å². The molecule has 0 aliphatic rings. The Balaban J connectivity index is 3.46. The Kier molecular flexibility index (Phi) is 2.76. The maximum Gasteiger partial charge on any atom is 0.338 e. The van der Waals surface area contributed by atoms with Crippen molar-refractivity contribution in [2.24, 2.45) is 0 Å². The fourth-order valence-electron chi connectivity index (χ4n) is 0.185. The van der Waals surface area contributed by atoms with Crippen molar-refractivity contribution in [1.29, 1.82) is 0 Å². The van der Waals surface area contributed by atoms with Crippen LogP contribution in [0.25, 0.3) is 0 Å². The largest absolute Gasteiger partial charge is 0.479 e. The zero-order valence-electron chi connectivity index (χ0n) is 4.00. The molecule has 1 atom stereocenters. The molecular formula is C4H5FO3. The van der Waals surface area contributed by atoms with E-state index in [2.05, 4.69) is 0 Å². The number of carboxylic acids is 1. The molecule has 0 aromatic carbocycles. The molecule has 3 nitrogen and oxygen atoms in total. The van der Waals surface area contributed by atoms with E-state index < -0.39 is 18.6 Å². The molecule has 0 rings (SSSR count). The van der Waals surface area contributed by atoms with Crippen LogP contribution in [0.5, 0.6) is 0 Å². The first-order valence-electron chi connectivity index (χ1n) is 1.99. The van der Waals surface area contributed by atoms with Crippen LogP contribution in [0.4, 0.5) is 4.39 Å². The maximum absolute atomic E-state index is 11.7. The van der Waals surface area contributed by atoms with E-state index in [0.717, 1.165) is 0 Å². The second-order valence-corrected chi connectivity index (χ2v) is 1.21. The first-order valence-corrected chi connectivity index (χ1v) is 1.99. The molecule has 0 aliphatic heterocycles. The molecule has 0 amide bonds. The van der Waals surface area contributed by atoms with Crippen molar-refractivity contribution in [3.63, 3.8) is 0 Å². The highest BCUT2D eigenvalue weighted by molar-refractivity contribution is 5.75. The normalized spacial score (nSPS) is 12.6. The van der Waals surface area contributed by atoms with E-state index in [0.29, 0.717) is 0 Å². The van der Waals surface area contributed by atoms with Crippen molar-refractivity contribution in [3.05, 3.63) is 0 Å². The van der Waals surface area contributed by atoms with Gasteiger partial charge in [-0.2, -0.15) is 0 Å². The number of hydrogen-bond donors (Lipinski definition) is 1. The Bertz CT molecular complexity index is 101. The van der Waals surface area contributed by atoms with Gasteiger partial charge in [0.2, 0.25) is 6.17 Å². The summed E-state index contributed by atoms with van der Waals surface area (Å²) >= 11 is 0. The van der Waals surface area contributed by atoms with Gasteiger partial charge in [0, 0.05) is 6.42 Å². The number of aldehydes is 1. The van der Waals surface area contributed by atoms with Gasteiger partial charge >= 0.3 is 5.97 Å². The molecule has 46 valence electrons. The molecule has 1 unspecified atom stereocenters. The Hall–Kier alpha value is -0.930. The van der Waals surface area contributed by atoms with Gasteiger partial charge in [-0.25, -0.2) is 9.18 Å². The summed E-state index contributed by atoms with van der Waals surface area (Å²) in [5.41, 5.74) is 0. The molecule has 8 heavy (non-hydrogen) atoms. The van der Waals surface area contributed by atoms with Crippen LogP contribution in [-0.4, -0.2) is 23.5 Å². The lowest BCUT2D eigenvalue weighted by Crippen LogP contribution is -2.14. The minimum Gasteiger partial charge on any atom is -0.479 e. The summed E-state index contributed by atoms with van der Waals surface area (Å²) < 4.78 is 11.7. The SMILES string of the molecule is O=CCC(F)C(=O)O. The topological polar surface area (TPSA) is 54.4 Å².